The molecule has 1 saturated heterocycles. The Morgan fingerprint density at radius 1 is 1.57 bits per heavy atom. The molecule has 1 aromatic heterocycles. The van der Waals surface area contributed by atoms with Gasteiger partial charge in [0.05, 0.1) is 12.3 Å². The highest BCUT2D eigenvalue weighted by Crippen LogP contribution is 2.28. The summed E-state index contributed by atoms with van der Waals surface area (Å²) in [4.78, 5) is 13.9. The number of aryl methyl sites for hydroxylation is 1. The normalized spacial score (nSPS) is 20.6. The SMILES string of the molecule is Cn1cc(C(O)CC2CCCN2C(=O)OC(C)(C)C)cn1. The van der Waals surface area contributed by atoms with Gasteiger partial charge in [0.2, 0.25) is 0 Å². The molecule has 6 nitrogen and oxygen atoms in total. The summed E-state index contributed by atoms with van der Waals surface area (Å²) in [6, 6.07) is 0.0232. The van der Waals surface area contributed by atoms with E-state index in [-0.39, 0.29) is 12.1 Å². The maximum Gasteiger partial charge on any atom is 0.410 e. The fraction of sp³-hybridized carbons (Fsp3) is 0.733. The van der Waals surface area contributed by atoms with Crippen LogP contribution in [-0.2, 0) is 11.8 Å². The van der Waals surface area contributed by atoms with Gasteiger partial charge in [0, 0.05) is 31.4 Å². The Bertz CT molecular complexity index is 493. The average Bonchev–Trinajstić information content (AvgIpc) is 2.95. The summed E-state index contributed by atoms with van der Waals surface area (Å²) in [5.41, 5.74) is 0.292. The lowest BCUT2D eigenvalue weighted by molar-refractivity contribution is 0.0178. The highest BCUT2D eigenvalue weighted by molar-refractivity contribution is 5.68. The van der Waals surface area contributed by atoms with Gasteiger partial charge in [-0.25, -0.2) is 4.79 Å². The number of likely N-dealkylation sites (tertiary alicyclic amines) is 1. The fourth-order valence-corrected chi connectivity index (χ4v) is 2.65. The first-order valence-corrected chi connectivity index (χ1v) is 7.42. The second kappa shape index (κ2) is 6.05. The van der Waals surface area contributed by atoms with Gasteiger partial charge in [0.1, 0.15) is 5.60 Å². The van der Waals surface area contributed by atoms with Gasteiger partial charge in [-0.1, -0.05) is 0 Å². The molecule has 1 N–H and O–H groups in total. The van der Waals surface area contributed by atoms with Crippen LogP contribution in [0.3, 0.4) is 0 Å². The molecule has 1 aliphatic rings. The van der Waals surface area contributed by atoms with Gasteiger partial charge in [0.25, 0.3) is 0 Å². The Balaban J connectivity index is 1.97. The van der Waals surface area contributed by atoms with E-state index in [2.05, 4.69) is 5.10 Å². The molecule has 2 unspecified atom stereocenters. The van der Waals surface area contributed by atoms with E-state index >= 15 is 0 Å². The second-order valence-electron chi connectivity index (χ2n) is 6.67. The fourth-order valence-electron chi connectivity index (χ4n) is 2.65. The highest BCUT2D eigenvalue weighted by Gasteiger charge is 2.33. The average molecular weight is 295 g/mol. The molecule has 0 spiro atoms. The number of carbonyl (C=O) groups is 1. The molecule has 1 amide bonds. The van der Waals surface area contributed by atoms with Crippen LogP contribution in [0.15, 0.2) is 12.4 Å². The van der Waals surface area contributed by atoms with Crippen molar-refractivity contribution in [3.63, 3.8) is 0 Å². The van der Waals surface area contributed by atoms with Crippen LogP contribution in [0.5, 0.6) is 0 Å². The summed E-state index contributed by atoms with van der Waals surface area (Å²) in [5, 5.41) is 14.4. The first-order chi connectivity index (χ1) is 9.76. The number of hydrogen-bond donors (Lipinski definition) is 1. The zero-order valence-corrected chi connectivity index (χ0v) is 13.2. The van der Waals surface area contributed by atoms with Crippen LogP contribution in [0, 0.1) is 0 Å². The number of hydrogen-bond acceptors (Lipinski definition) is 4. The molecule has 2 rings (SSSR count). The van der Waals surface area contributed by atoms with Gasteiger partial charge in [0.15, 0.2) is 0 Å². The van der Waals surface area contributed by atoms with E-state index in [0.717, 1.165) is 18.4 Å². The van der Waals surface area contributed by atoms with Crippen molar-refractivity contribution in [2.75, 3.05) is 6.54 Å². The number of ether oxygens (including phenoxy) is 1. The molecule has 0 bridgehead atoms. The van der Waals surface area contributed by atoms with Crippen molar-refractivity contribution in [3.8, 4) is 0 Å². The predicted molar refractivity (Wildman–Crippen MR) is 78.7 cm³/mol. The van der Waals surface area contributed by atoms with Crippen LogP contribution < -0.4 is 0 Å². The molecule has 1 fully saturated rings. The van der Waals surface area contributed by atoms with Crippen LogP contribution >= 0.6 is 0 Å². The largest absolute Gasteiger partial charge is 0.444 e. The Morgan fingerprint density at radius 3 is 2.86 bits per heavy atom. The van der Waals surface area contributed by atoms with Crippen molar-refractivity contribution in [3.05, 3.63) is 18.0 Å². The van der Waals surface area contributed by atoms with Crippen molar-refractivity contribution in [1.82, 2.24) is 14.7 Å². The zero-order chi connectivity index (χ0) is 15.6. The van der Waals surface area contributed by atoms with E-state index in [4.69, 9.17) is 4.74 Å². The molecular formula is C15H25N3O3. The van der Waals surface area contributed by atoms with Crippen molar-refractivity contribution in [2.24, 2.45) is 7.05 Å². The number of aromatic nitrogens is 2. The van der Waals surface area contributed by atoms with Gasteiger partial charge in [-0.2, -0.15) is 5.10 Å². The number of rotatable bonds is 3. The third-order valence-corrected chi connectivity index (χ3v) is 3.61. The van der Waals surface area contributed by atoms with Crippen molar-refractivity contribution in [1.29, 1.82) is 0 Å². The van der Waals surface area contributed by atoms with E-state index in [9.17, 15) is 9.90 Å². The summed E-state index contributed by atoms with van der Waals surface area (Å²) >= 11 is 0. The van der Waals surface area contributed by atoms with E-state index < -0.39 is 11.7 Å². The van der Waals surface area contributed by atoms with Gasteiger partial charge in [-0.15, -0.1) is 0 Å². The van der Waals surface area contributed by atoms with E-state index in [1.807, 2.05) is 27.8 Å². The smallest absolute Gasteiger partial charge is 0.410 e. The third kappa shape index (κ3) is 4.20. The molecule has 0 radical (unpaired) electrons. The summed E-state index contributed by atoms with van der Waals surface area (Å²) < 4.78 is 7.10. The van der Waals surface area contributed by atoms with Crippen molar-refractivity contribution in [2.45, 2.75) is 57.8 Å². The van der Waals surface area contributed by atoms with Gasteiger partial charge in [-0.3, -0.25) is 4.68 Å². The van der Waals surface area contributed by atoms with E-state index in [1.54, 1.807) is 22.0 Å². The zero-order valence-electron chi connectivity index (χ0n) is 13.2. The summed E-state index contributed by atoms with van der Waals surface area (Å²) in [7, 11) is 1.82. The van der Waals surface area contributed by atoms with Crippen LogP contribution in [0.25, 0.3) is 0 Å². The Hall–Kier alpha value is -1.56. The first kappa shape index (κ1) is 15.8. The van der Waals surface area contributed by atoms with E-state index in [0.29, 0.717) is 13.0 Å². The van der Waals surface area contributed by atoms with Gasteiger partial charge >= 0.3 is 6.09 Å². The molecule has 1 aliphatic heterocycles. The maximum absolute atomic E-state index is 12.2. The Kier molecular flexibility index (Phi) is 4.56. The minimum absolute atomic E-state index is 0.0232. The van der Waals surface area contributed by atoms with Crippen LogP contribution in [-0.4, -0.2) is 44.1 Å². The summed E-state index contributed by atoms with van der Waals surface area (Å²) in [6.45, 7) is 6.28. The lowest BCUT2D eigenvalue weighted by Gasteiger charge is -2.29. The number of amides is 1. The van der Waals surface area contributed by atoms with Gasteiger partial charge < -0.3 is 14.7 Å². The molecular weight excluding hydrogens is 270 g/mol. The quantitative estimate of drug-likeness (QED) is 0.928. The second-order valence-corrected chi connectivity index (χ2v) is 6.67. The lowest BCUT2D eigenvalue weighted by Crippen LogP contribution is -2.40. The van der Waals surface area contributed by atoms with Crippen molar-refractivity contribution >= 4 is 6.09 Å². The molecule has 6 heteroatoms. The number of aliphatic hydroxyl groups is 1. The van der Waals surface area contributed by atoms with Crippen molar-refractivity contribution < 1.29 is 14.6 Å². The van der Waals surface area contributed by atoms with E-state index in [1.165, 1.54) is 0 Å². The van der Waals surface area contributed by atoms with Crippen LogP contribution in [0.4, 0.5) is 4.79 Å². The summed E-state index contributed by atoms with van der Waals surface area (Å²) in [5.74, 6) is 0. The van der Waals surface area contributed by atoms with Crippen LogP contribution in [0.1, 0.15) is 51.7 Å². The molecule has 0 aliphatic carbocycles. The van der Waals surface area contributed by atoms with Crippen LogP contribution in [0.2, 0.25) is 0 Å². The monoisotopic (exact) mass is 295 g/mol. The lowest BCUT2D eigenvalue weighted by atomic mass is 10.0. The first-order valence-electron chi connectivity index (χ1n) is 7.42. The standard InChI is InChI=1S/C15H25N3O3/c1-15(2,3)21-14(20)18-7-5-6-12(18)8-13(19)11-9-16-17(4)10-11/h9-10,12-13,19H,5-8H2,1-4H3. The minimum Gasteiger partial charge on any atom is -0.444 e. The number of nitrogens with zero attached hydrogens (tertiary/aromatic N) is 3. The number of carbonyl (C=O) groups excluding carboxylic acids is 1. The molecule has 0 aromatic carbocycles. The molecule has 0 saturated carbocycles. The molecule has 1 aromatic rings. The predicted octanol–water partition coefficient (Wildman–Crippen LogP) is 2.24. The maximum atomic E-state index is 12.2. The molecule has 21 heavy (non-hydrogen) atoms. The third-order valence-electron chi connectivity index (χ3n) is 3.61. The minimum atomic E-state index is -0.605. The molecule has 2 atom stereocenters. The Labute approximate surface area is 125 Å². The number of aliphatic hydroxyl groups excluding tert-OH is 1. The highest BCUT2D eigenvalue weighted by atomic mass is 16.6. The topological polar surface area (TPSA) is 67.6 Å². The van der Waals surface area contributed by atoms with Gasteiger partial charge in [-0.05, 0) is 40.0 Å². The molecule has 118 valence electrons. The molecule has 2 heterocycles. The Morgan fingerprint density at radius 2 is 2.29 bits per heavy atom. The summed E-state index contributed by atoms with van der Waals surface area (Å²) in [6.07, 6.45) is 4.94.